The largest absolute Gasteiger partial charge is 0.341 e. The van der Waals surface area contributed by atoms with E-state index in [4.69, 9.17) is 5.73 Å². The molecule has 0 unspecified atom stereocenters. The van der Waals surface area contributed by atoms with Gasteiger partial charge in [-0.2, -0.15) is 0 Å². The lowest BCUT2D eigenvalue weighted by Gasteiger charge is -2.37. The van der Waals surface area contributed by atoms with Crippen LogP contribution in [0.5, 0.6) is 0 Å². The molecule has 0 bridgehead atoms. The monoisotopic (exact) mass is 260 g/mol. The summed E-state index contributed by atoms with van der Waals surface area (Å²) in [4.78, 5) is 14.5. The Kier molecular flexibility index (Phi) is 4.59. The minimum Gasteiger partial charge on any atom is -0.341 e. The second kappa shape index (κ2) is 6.20. The minimum absolute atomic E-state index is 0.221. The molecule has 1 aromatic rings. The number of nitrogens with two attached hydrogens (primary N) is 1. The molecule has 0 radical (unpaired) electrons. The lowest BCUT2D eigenvalue weighted by Crippen LogP contribution is -2.47. The normalized spacial score (nSPS) is 18.0. The number of benzene rings is 1. The van der Waals surface area contributed by atoms with Crippen LogP contribution in [-0.2, 0) is 11.3 Å². The van der Waals surface area contributed by atoms with Gasteiger partial charge in [0.05, 0.1) is 5.41 Å². The first kappa shape index (κ1) is 14.1. The van der Waals surface area contributed by atoms with Crippen LogP contribution >= 0.6 is 0 Å². The van der Waals surface area contributed by atoms with E-state index < -0.39 is 0 Å². The number of rotatable bonds is 4. The van der Waals surface area contributed by atoms with Crippen LogP contribution in [0.2, 0.25) is 0 Å². The molecule has 0 aliphatic heterocycles. The van der Waals surface area contributed by atoms with Gasteiger partial charge in [-0.25, -0.2) is 0 Å². The molecule has 0 heterocycles. The van der Waals surface area contributed by atoms with Gasteiger partial charge in [-0.1, -0.05) is 49.6 Å². The number of amides is 1. The summed E-state index contributed by atoms with van der Waals surface area (Å²) in [5.41, 5.74) is 6.79. The van der Waals surface area contributed by atoms with Crippen LogP contribution in [0, 0.1) is 5.41 Å². The van der Waals surface area contributed by atoms with Crippen molar-refractivity contribution in [1.82, 2.24) is 4.90 Å². The highest BCUT2D eigenvalue weighted by atomic mass is 16.2. The summed E-state index contributed by atoms with van der Waals surface area (Å²) >= 11 is 0. The third kappa shape index (κ3) is 3.16. The van der Waals surface area contributed by atoms with Crippen molar-refractivity contribution in [2.75, 3.05) is 13.6 Å². The molecular weight excluding hydrogens is 236 g/mol. The van der Waals surface area contributed by atoms with E-state index in [1.807, 2.05) is 30.1 Å². The second-order valence-corrected chi connectivity index (χ2v) is 5.69. The first-order chi connectivity index (χ1) is 9.18. The van der Waals surface area contributed by atoms with Gasteiger partial charge in [-0.3, -0.25) is 4.79 Å². The van der Waals surface area contributed by atoms with E-state index in [0.29, 0.717) is 13.1 Å². The maximum absolute atomic E-state index is 12.7. The smallest absolute Gasteiger partial charge is 0.230 e. The van der Waals surface area contributed by atoms with E-state index in [1.165, 1.54) is 12.0 Å². The average molecular weight is 260 g/mol. The highest BCUT2D eigenvalue weighted by Crippen LogP contribution is 2.37. The number of nitrogens with zero attached hydrogens (tertiary/aromatic N) is 1. The fraction of sp³-hybridized carbons (Fsp3) is 0.562. The molecule has 19 heavy (non-hydrogen) atoms. The zero-order chi connectivity index (χ0) is 13.7. The van der Waals surface area contributed by atoms with E-state index in [2.05, 4.69) is 12.1 Å². The van der Waals surface area contributed by atoms with Gasteiger partial charge in [0.25, 0.3) is 0 Å². The highest BCUT2D eigenvalue weighted by Gasteiger charge is 2.39. The van der Waals surface area contributed by atoms with Gasteiger partial charge < -0.3 is 10.6 Å². The van der Waals surface area contributed by atoms with Crippen LogP contribution in [0.1, 0.15) is 37.7 Å². The number of hydrogen-bond acceptors (Lipinski definition) is 2. The van der Waals surface area contributed by atoms with Gasteiger partial charge in [0.1, 0.15) is 0 Å². The van der Waals surface area contributed by atoms with Gasteiger partial charge in [0, 0.05) is 20.1 Å². The SMILES string of the molecule is CN(Cc1ccccc1)C(=O)C1(CN)CCCCC1. The van der Waals surface area contributed by atoms with Gasteiger partial charge in [-0.15, -0.1) is 0 Å². The number of carbonyl (C=O) groups excluding carboxylic acids is 1. The Bertz CT molecular complexity index is 410. The van der Waals surface area contributed by atoms with Crippen LogP contribution < -0.4 is 5.73 Å². The van der Waals surface area contributed by atoms with Crippen molar-refractivity contribution in [3.8, 4) is 0 Å². The van der Waals surface area contributed by atoms with E-state index >= 15 is 0 Å². The van der Waals surface area contributed by atoms with Crippen molar-refractivity contribution in [2.45, 2.75) is 38.6 Å². The Hall–Kier alpha value is -1.35. The maximum atomic E-state index is 12.7. The molecule has 1 aliphatic rings. The van der Waals surface area contributed by atoms with Crippen molar-refractivity contribution in [1.29, 1.82) is 0 Å². The summed E-state index contributed by atoms with van der Waals surface area (Å²) in [5, 5.41) is 0. The molecular formula is C16H24N2O. The Morgan fingerprint density at radius 3 is 2.42 bits per heavy atom. The Balaban J connectivity index is 2.05. The van der Waals surface area contributed by atoms with E-state index in [1.54, 1.807) is 0 Å². The third-order valence-corrected chi connectivity index (χ3v) is 4.26. The van der Waals surface area contributed by atoms with Gasteiger partial charge in [0.15, 0.2) is 0 Å². The predicted octanol–water partition coefficient (Wildman–Crippen LogP) is 2.55. The lowest BCUT2D eigenvalue weighted by molar-refractivity contribution is -0.142. The lowest BCUT2D eigenvalue weighted by atomic mass is 9.73. The van der Waals surface area contributed by atoms with Crippen molar-refractivity contribution < 1.29 is 4.79 Å². The molecule has 1 amide bonds. The van der Waals surface area contributed by atoms with E-state index in [0.717, 1.165) is 25.7 Å². The molecule has 0 saturated heterocycles. The van der Waals surface area contributed by atoms with Gasteiger partial charge >= 0.3 is 0 Å². The summed E-state index contributed by atoms with van der Waals surface area (Å²) in [6.45, 7) is 1.15. The molecule has 2 N–H and O–H groups in total. The van der Waals surface area contributed by atoms with Crippen LogP contribution in [0.25, 0.3) is 0 Å². The van der Waals surface area contributed by atoms with Gasteiger partial charge in [-0.05, 0) is 18.4 Å². The summed E-state index contributed by atoms with van der Waals surface area (Å²) < 4.78 is 0. The molecule has 2 rings (SSSR count). The molecule has 0 atom stereocenters. The van der Waals surface area contributed by atoms with E-state index in [9.17, 15) is 4.79 Å². The molecule has 1 fully saturated rings. The summed E-state index contributed by atoms with van der Waals surface area (Å²) in [6, 6.07) is 10.1. The molecule has 104 valence electrons. The molecule has 1 aliphatic carbocycles. The topological polar surface area (TPSA) is 46.3 Å². The zero-order valence-corrected chi connectivity index (χ0v) is 11.8. The second-order valence-electron chi connectivity index (χ2n) is 5.69. The quantitative estimate of drug-likeness (QED) is 0.904. The van der Waals surface area contributed by atoms with Crippen LogP contribution in [-0.4, -0.2) is 24.4 Å². The molecule has 3 nitrogen and oxygen atoms in total. The van der Waals surface area contributed by atoms with Crippen molar-refractivity contribution in [2.24, 2.45) is 11.1 Å². The summed E-state index contributed by atoms with van der Waals surface area (Å²) in [5.74, 6) is 0.221. The third-order valence-electron chi connectivity index (χ3n) is 4.26. The first-order valence-electron chi connectivity index (χ1n) is 7.17. The average Bonchev–Trinajstić information content (AvgIpc) is 2.48. The molecule has 3 heteroatoms. The molecule has 1 aromatic carbocycles. The minimum atomic E-state index is -0.304. The van der Waals surface area contributed by atoms with Gasteiger partial charge in [0.2, 0.25) is 5.91 Å². The van der Waals surface area contributed by atoms with Crippen LogP contribution in [0.3, 0.4) is 0 Å². The first-order valence-corrected chi connectivity index (χ1v) is 7.17. The number of hydrogen-bond donors (Lipinski definition) is 1. The van der Waals surface area contributed by atoms with Crippen molar-refractivity contribution in [3.05, 3.63) is 35.9 Å². The Labute approximate surface area is 115 Å². The van der Waals surface area contributed by atoms with Crippen molar-refractivity contribution >= 4 is 5.91 Å². The highest BCUT2D eigenvalue weighted by molar-refractivity contribution is 5.82. The fourth-order valence-corrected chi connectivity index (χ4v) is 3.07. The molecule has 0 spiro atoms. The molecule has 0 aromatic heterocycles. The summed E-state index contributed by atoms with van der Waals surface area (Å²) in [6.07, 6.45) is 5.38. The fourth-order valence-electron chi connectivity index (χ4n) is 3.07. The zero-order valence-electron chi connectivity index (χ0n) is 11.8. The standard InChI is InChI=1S/C16H24N2O/c1-18(12-14-8-4-2-5-9-14)15(19)16(13-17)10-6-3-7-11-16/h2,4-5,8-9H,3,6-7,10-13,17H2,1H3. The van der Waals surface area contributed by atoms with Crippen LogP contribution in [0.4, 0.5) is 0 Å². The Morgan fingerprint density at radius 1 is 1.21 bits per heavy atom. The maximum Gasteiger partial charge on any atom is 0.230 e. The van der Waals surface area contributed by atoms with Crippen LogP contribution in [0.15, 0.2) is 30.3 Å². The predicted molar refractivity (Wildman–Crippen MR) is 77.5 cm³/mol. The number of carbonyl (C=O) groups is 1. The van der Waals surface area contributed by atoms with Crippen molar-refractivity contribution in [3.63, 3.8) is 0 Å². The Morgan fingerprint density at radius 2 is 1.84 bits per heavy atom. The van der Waals surface area contributed by atoms with E-state index in [-0.39, 0.29) is 11.3 Å². The summed E-state index contributed by atoms with van der Waals surface area (Å²) in [7, 11) is 1.89. The molecule has 1 saturated carbocycles.